The first kappa shape index (κ1) is 15.9. The molecule has 4 heteroatoms. The molecule has 110 valence electrons. The van der Waals surface area contributed by atoms with Gasteiger partial charge in [0.25, 0.3) is 5.91 Å². The number of hydrogen-bond donors (Lipinski definition) is 0. The molecule has 0 atom stereocenters. The number of carbonyl (C=O) groups excluding carboxylic acids is 1. The largest absolute Gasteiger partial charge is 0.342 e. The molecule has 2 nitrogen and oxygen atoms in total. The van der Waals surface area contributed by atoms with Gasteiger partial charge in [0.15, 0.2) is 0 Å². The van der Waals surface area contributed by atoms with E-state index in [1.807, 2.05) is 40.8 Å². The molecule has 0 bridgehead atoms. The zero-order valence-electron chi connectivity index (χ0n) is 11.9. The van der Waals surface area contributed by atoms with Crippen LogP contribution in [0.15, 0.2) is 48.5 Å². The van der Waals surface area contributed by atoms with E-state index in [4.69, 9.17) is 0 Å². The third-order valence-electron chi connectivity index (χ3n) is 3.31. The van der Waals surface area contributed by atoms with E-state index in [9.17, 15) is 9.18 Å². The Bertz CT molecular complexity index is 615. The molecule has 21 heavy (non-hydrogen) atoms. The minimum Gasteiger partial charge on any atom is -0.342 e. The van der Waals surface area contributed by atoms with E-state index in [1.165, 1.54) is 17.7 Å². The lowest BCUT2D eigenvalue weighted by Gasteiger charge is -2.18. The number of amides is 1. The molecule has 0 spiro atoms. The molecule has 0 fully saturated rings. The maximum Gasteiger partial charge on any atom is 0.254 e. The lowest BCUT2D eigenvalue weighted by atomic mass is 10.1. The Morgan fingerprint density at radius 2 is 1.90 bits per heavy atom. The zero-order valence-corrected chi connectivity index (χ0v) is 14.0. The Hall–Kier alpha value is -1.43. The molecule has 0 aliphatic carbocycles. The van der Waals surface area contributed by atoms with Gasteiger partial charge >= 0.3 is 0 Å². The highest BCUT2D eigenvalue weighted by atomic mass is 127. The number of carbonyl (C=O) groups is 1. The molecular weight excluding hydrogens is 380 g/mol. The van der Waals surface area contributed by atoms with Crippen LogP contribution >= 0.6 is 22.6 Å². The normalized spacial score (nSPS) is 10.4. The fourth-order valence-electron chi connectivity index (χ4n) is 2.14. The smallest absolute Gasteiger partial charge is 0.254 e. The number of aryl methyl sites for hydroxylation is 1. The van der Waals surface area contributed by atoms with Crippen LogP contribution in [0.5, 0.6) is 0 Å². The molecule has 2 aromatic carbocycles. The molecular formula is C17H17FINO. The van der Waals surface area contributed by atoms with Gasteiger partial charge in [-0.15, -0.1) is 0 Å². The molecule has 0 saturated heterocycles. The lowest BCUT2D eigenvalue weighted by molar-refractivity contribution is 0.0792. The number of hydrogen-bond acceptors (Lipinski definition) is 1. The van der Waals surface area contributed by atoms with Gasteiger partial charge in [0.05, 0.1) is 5.56 Å². The first-order valence-corrected chi connectivity index (χ1v) is 7.90. The Balaban J connectivity index is 1.90. The van der Waals surface area contributed by atoms with Crippen LogP contribution in [0.25, 0.3) is 0 Å². The van der Waals surface area contributed by atoms with E-state index < -0.39 is 0 Å². The molecule has 2 aromatic rings. The maximum absolute atomic E-state index is 13.1. The molecule has 1 amide bonds. The van der Waals surface area contributed by atoms with Crippen molar-refractivity contribution in [3.05, 3.63) is 69.0 Å². The minimum atomic E-state index is -0.317. The summed E-state index contributed by atoms with van der Waals surface area (Å²) in [6, 6.07) is 14.5. The average molecular weight is 397 g/mol. The van der Waals surface area contributed by atoms with Gasteiger partial charge in [-0.05, 0) is 59.2 Å². The van der Waals surface area contributed by atoms with Crippen molar-refractivity contribution >= 4 is 28.5 Å². The first-order valence-electron chi connectivity index (χ1n) is 6.82. The zero-order chi connectivity index (χ0) is 15.2. The van der Waals surface area contributed by atoms with Crippen molar-refractivity contribution in [1.29, 1.82) is 0 Å². The third-order valence-corrected chi connectivity index (χ3v) is 4.20. The Labute approximate surface area is 138 Å². The van der Waals surface area contributed by atoms with E-state index >= 15 is 0 Å². The van der Waals surface area contributed by atoms with Crippen LogP contribution in [-0.4, -0.2) is 24.4 Å². The molecule has 0 unspecified atom stereocenters. The van der Waals surface area contributed by atoms with Gasteiger partial charge in [0, 0.05) is 17.2 Å². The Kier molecular flexibility index (Phi) is 5.73. The van der Waals surface area contributed by atoms with Crippen LogP contribution in [0.4, 0.5) is 4.39 Å². The Morgan fingerprint density at radius 3 is 2.57 bits per heavy atom. The summed E-state index contributed by atoms with van der Waals surface area (Å²) in [5.41, 5.74) is 1.83. The number of rotatable bonds is 5. The summed E-state index contributed by atoms with van der Waals surface area (Å²) in [6.07, 6.45) is 1.85. The van der Waals surface area contributed by atoms with E-state index in [1.54, 1.807) is 18.0 Å². The first-order chi connectivity index (χ1) is 10.1. The van der Waals surface area contributed by atoms with Crippen LogP contribution in [0.3, 0.4) is 0 Å². The van der Waals surface area contributed by atoms with Gasteiger partial charge in [-0.1, -0.05) is 30.3 Å². The van der Waals surface area contributed by atoms with Crippen molar-refractivity contribution in [2.24, 2.45) is 0 Å². The predicted octanol–water partition coefficient (Wildman–Crippen LogP) is 4.14. The quantitative estimate of drug-likeness (QED) is 0.695. The third kappa shape index (κ3) is 4.52. The van der Waals surface area contributed by atoms with E-state index in [-0.39, 0.29) is 11.7 Å². The highest BCUT2D eigenvalue weighted by Crippen LogP contribution is 2.16. The van der Waals surface area contributed by atoms with Crippen molar-refractivity contribution in [3.63, 3.8) is 0 Å². The SMILES string of the molecule is CN(CCCc1ccccc1)C(=O)c1ccc(F)cc1I. The summed E-state index contributed by atoms with van der Waals surface area (Å²) < 4.78 is 13.7. The number of benzene rings is 2. The highest BCUT2D eigenvalue weighted by molar-refractivity contribution is 14.1. The van der Waals surface area contributed by atoms with E-state index in [0.29, 0.717) is 15.7 Å². The van der Waals surface area contributed by atoms with Crippen LogP contribution in [0.2, 0.25) is 0 Å². The summed E-state index contributed by atoms with van der Waals surface area (Å²) >= 11 is 1.99. The highest BCUT2D eigenvalue weighted by Gasteiger charge is 2.14. The van der Waals surface area contributed by atoms with Crippen molar-refractivity contribution < 1.29 is 9.18 Å². The van der Waals surface area contributed by atoms with Crippen molar-refractivity contribution in [2.75, 3.05) is 13.6 Å². The fourth-order valence-corrected chi connectivity index (χ4v) is 2.84. The Morgan fingerprint density at radius 1 is 1.19 bits per heavy atom. The van der Waals surface area contributed by atoms with Gasteiger partial charge in [-0.2, -0.15) is 0 Å². The van der Waals surface area contributed by atoms with Crippen LogP contribution in [0.1, 0.15) is 22.3 Å². The molecule has 0 aliphatic rings. The lowest BCUT2D eigenvalue weighted by Crippen LogP contribution is -2.28. The second-order valence-electron chi connectivity index (χ2n) is 4.94. The second-order valence-corrected chi connectivity index (χ2v) is 6.10. The van der Waals surface area contributed by atoms with Crippen molar-refractivity contribution in [3.8, 4) is 0 Å². The van der Waals surface area contributed by atoms with Crippen LogP contribution < -0.4 is 0 Å². The van der Waals surface area contributed by atoms with E-state index in [0.717, 1.165) is 12.8 Å². The van der Waals surface area contributed by atoms with Crippen LogP contribution in [-0.2, 0) is 6.42 Å². The maximum atomic E-state index is 13.1. The van der Waals surface area contributed by atoms with Gasteiger partial charge in [-0.3, -0.25) is 4.79 Å². The minimum absolute atomic E-state index is 0.0625. The van der Waals surface area contributed by atoms with Crippen LogP contribution in [0, 0.1) is 9.39 Å². The second kappa shape index (κ2) is 7.54. The number of nitrogens with zero attached hydrogens (tertiary/aromatic N) is 1. The standard InChI is InChI=1S/C17H17FINO/c1-20(11-5-8-13-6-3-2-4-7-13)17(21)15-10-9-14(18)12-16(15)19/h2-4,6-7,9-10,12H,5,8,11H2,1H3. The monoisotopic (exact) mass is 397 g/mol. The molecule has 2 rings (SSSR count). The van der Waals surface area contributed by atoms with Gasteiger partial charge in [0.2, 0.25) is 0 Å². The van der Waals surface area contributed by atoms with E-state index in [2.05, 4.69) is 12.1 Å². The number of halogens is 2. The summed E-state index contributed by atoms with van der Waals surface area (Å²) in [4.78, 5) is 14.0. The molecule has 0 heterocycles. The summed E-state index contributed by atoms with van der Waals surface area (Å²) in [6.45, 7) is 0.682. The van der Waals surface area contributed by atoms with Gasteiger partial charge in [0.1, 0.15) is 5.82 Å². The summed E-state index contributed by atoms with van der Waals surface area (Å²) in [5, 5.41) is 0. The van der Waals surface area contributed by atoms with Gasteiger partial charge in [-0.25, -0.2) is 4.39 Å². The summed E-state index contributed by atoms with van der Waals surface area (Å²) in [7, 11) is 1.78. The van der Waals surface area contributed by atoms with Crippen molar-refractivity contribution in [1.82, 2.24) is 4.90 Å². The summed E-state index contributed by atoms with van der Waals surface area (Å²) in [5.74, 6) is -0.379. The predicted molar refractivity (Wildman–Crippen MR) is 90.8 cm³/mol. The molecule has 0 aromatic heterocycles. The fraction of sp³-hybridized carbons (Fsp3) is 0.235. The van der Waals surface area contributed by atoms with Gasteiger partial charge < -0.3 is 4.90 Å². The molecule has 0 radical (unpaired) electrons. The molecule has 0 N–H and O–H groups in total. The average Bonchev–Trinajstić information content (AvgIpc) is 2.47. The molecule has 0 aliphatic heterocycles. The van der Waals surface area contributed by atoms with Crippen molar-refractivity contribution in [2.45, 2.75) is 12.8 Å². The molecule has 0 saturated carbocycles. The topological polar surface area (TPSA) is 20.3 Å².